The number of amides is 1. The zero-order valence-electron chi connectivity index (χ0n) is 11.8. The fraction of sp³-hybridized carbons (Fsp3) is 0.714. The van der Waals surface area contributed by atoms with Gasteiger partial charge >= 0.3 is 0 Å². The highest BCUT2D eigenvalue weighted by Gasteiger charge is 2.22. The highest BCUT2D eigenvalue weighted by molar-refractivity contribution is 7.98. The average Bonchev–Trinajstić information content (AvgIpc) is 3.01. The monoisotopic (exact) mass is 314 g/mol. The first-order chi connectivity index (χ1) is 9.63. The number of thiazole rings is 1. The summed E-state index contributed by atoms with van der Waals surface area (Å²) in [5, 5.41) is 15.6. The highest BCUT2D eigenvalue weighted by atomic mass is 32.2. The molecule has 0 aliphatic heterocycles. The highest BCUT2D eigenvalue weighted by Crippen LogP contribution is 2.24. The van der Waals surface area contributed by atoms with Gasteiger partial charge in [0.15, 0.2) is 0 Å². The van der Waals surface area contributed by atoms with E-state index in [0.29, 0.717) is 18.9 Å². The Hall–Kier alpha value is -0.590. The zero-order chi connectivity index (χ0) is 14.4. The second-order valence-electron chi connectivity index (χ2n) is 5.30. The van der Waals surface area contributed by atoms with Crippen LogP contribution in [0, 0.1) is 12.8 Å². The molecule has 6 heteroatoms. The van der Waals surface area contributed by atoms with E-state index in [9.17, 15) is 9.90 Å². The Morgan fingerprint density at radius 2 is 2.45 bits per heavy atom. The fourth-order valence-corrected chi connectivity index (χ4v) is 3.95. The van der Waals surface area contributed by atoms with Gasteiger partial charge < -0.3 is 10.4 Å². The lowest BCUT2D eigenvalue weighted by Gasteiger charge is -2.10. The third kappa shape index (κ3) is 5.42. The molecule has 2 atom stereocenters. The molecule has 1 heterocycles. The summed E-state index contributed by atoms with van der Waals surface area (Å²) in [6.45, 7) is 2.72. The summed E-state index contributed by atoms with van der Waals surface area (Å²) in [5.74, 6) is 2.29. The number of aliphatic hydroxyl groups is 1. The maximum atomic E-state index is 11.7. The van der Waals surface area contributed by atoms with E-state index < -0.39 is 0 Å². The first kappa shape index (κ1) is 15.8. The molecule has 1 amide bonds. The van der Waals surface area contributed by atoms with Crippen molar-refractivity contribution in [1.82, 2.24) is 10.3 Å². The first-order valence-corrected chi connectivity index (χ1v) is 9.10. The molecule has 0 bridgehead atoms. The van der Waals surface area contributed by atoms with Crippen LogP contribution in [0.2, 0.25) is 0 Å². The van der Waals surface area contributed by atoms with Crippen LogP contribution in [0.5, 0.6) is 0 Å². The van der Waals surface area contributed by atoms with Crippen LogP contribution in [0.3, 0.4) is 0 Å². The van der Waals surface area contributed by atoms with Crippen molar-refractivity contribution in [3.8, 4) is 0 Å². The minimum Gasteiger partial charge on any atom is -0.393 e. The molecule has 112 valence electrons. The van der Waals surface area contributed by atoms with Crippen LogP contribution in [0.4, 0.5) is 0 Å². The predicted octanol–water partition coefficient (Wildman–Crippen LogP) is 2.35. The van der Waals surface area contributed by atoms with Crippen molar-refractivity contribution in [2.24, 2.45) is 5.92 Å². The number of carbonyl (C=O) groups is 1. The number of aliphatic hydroxyl groups excluding tert-OH is 1. The molecule has 0 saturated heterocycles. The summed E-state index contributed by atoms with van der Waals surface area (Å²) in [4.78, 5) is 16.1. The lowest BCUT2D eigenvalue weighted by molar-refractivity contribution is -0.120. The molecule has 0 spiro atoms. The molecule has 1 aromatic heterocycles. The molecule has 0 radical (unpaired) electrons. The molecule has 20 heavy (non-hydrogen) atoms. The topological polar surface area (TPSA) is 62.2 Å². The molecule has 4 nitrogen and oxygen atoms in total. The molecule has 0 aromatic carbocycles. The fourth-order valence-electron chi connectivity index (χ4n) is 2.40. The van der Waals surface area contributed by atoms with E-state index in [-0.39, 0.29) is 12.0 Å². The van der Waals surface area contributed by atoms with Gasteiger partial charge in [0, 0.05) is 29.9 Å². The molecular weight excluding hydrogens is 292 g/mol. The van der Waals surface area contributed by atoms with E-state index in [4.69, 9.17) is 0 Å². The molecule has 2 N–H and O–H groups in total. The molecule has 1 saturated carbocycles. The minimum absolute atomic E-state index is 0.119. The van der Waals surface area contributed by atoms with Gasteiger partial charge in [-0.25, -0.2) is 4.98 Å². The van der Waals surface area contributed by atoms with Crippen molar-refractivity contribution < 1.29 is 9.90 Å². The average molecular weight is 314 g/mol. The van der Waals surface area contributed by atoms with Crippen molar-refractivity contribution in [2.45, 2.75) is 44.5 Å². The Morgan fingerprint density at radius 1 is 1.60 bits per heavy atom. The smallest absolute Gasteiger partial charge is 0.220 e. The number of aromatic nitrogens is 1. The van der Waals surface area contributed by atoms with E-state index in [2.05, 4.69) is 15.7 Å². The second kappa shape index (κ2) is 8.00. The lowest BCUT2D eigenvalue weighted by atomic mass is 10.1. The van der Waals surface area contributed by atoms with E-state index in [1.165, 1.54) is 0 Å². The van der Waals surface area contributed by atoms with Crippen LogP contribution < -0.4 is 5.32 Å². The SMILES string of the molecule is Cc1nc(CSCCC(=O)NCC2CCC(O)C2)cs1. The van der Waals surface area contributed by atoms with Crippen LogP contribution in [-0.2, 0) is 10.5 Å². The van der Waals surface area contributed by atoms with Crippen LogP contribution in [-0.4, -0.2) is 34.4 Å². The molecular formula is C14H22N2O2S2. The summed E-state index contributed by atoms with van der Waals surface area (Å²) in [5.41, 5.74) is 1.11. The molecule has 2 rings (SSSR count). The van der Waals surface area contributed by atoms with Crippen molar-refractivity contribution in [2.75, 3.05) is 12.3 Å². The third-order valence-electron chi connectivity index (χ3n) is 3.49. The summed E-state index contributed by atoms with van der Waals surface area (Å²) in [6, 6.07) is 0. The summed E-state index contributed by atoms with van der Waals surface area (Å²) in [7, 11) is 0. The van der Waals surface area contributed by atoms with Crippen molar-refractivity contribution in [3.05, 3.63) is 16.1 Å². The number of hydrogen-bond donors (Lipinski definition) is 2. The van der Waals surface area contributed by atoms with Gasteiger partial charge in [0.25, 0.3) is 0 Å². The first-order valence-electron chi connectivity index (χ1n) is 7.07. The van der Waals surface area contributed by atoms with Crippen LogP contribution >= 0.6 is 23.1 Å². The van der Waals surface area contributed by atoms with Crippen molar-refractivity contribution in [1.29, 1.82) is 0 Å². The summed E-state index contributed by atoms with van der Waals surface area (Å²) in [6.07, 6.45) is 3.14. The van der Waals surface area contributed by atoms with Crippen LogP contribution in [0.1, 0.15) is 36.4 Å². The van der Waals surface area contributed by atoms with E-state index >= 15 is 0 Å². The third-order valence-corrected chi connectivity index (χ3v) is 5.31. The number of carbonyl (C=O) groups excluding carboxylic acids is 1. The number of nitrogens with zero attached hydrogens (tertiary/aromatic N) is 1. The predicted molar refractivity (Wildman–Crippen MR) is 84.0 cm³/mol. The Morgan fingerprint density at radius 3 is 3.10 bits per heavy atom. The Bertz CT molecular complexity index is 437. The minimum atomic E-state index is -0.158. The second-order valence-corrected chi connectivity index (χ2v) is 7.46. The van der Waals surface area contributed by atoms with Crippen molar-refractivity contribution >= 4 is 29.0 Å². The van der Waals surface area contributed by atoms with E-state index in [1.807, 2.05) is 6.92 Å². The Balaban J connectivity index is 1.52. The van der Waals surface area contributed by atoms with E-state index in [0.717, 1.165) is 41.5 Å². The number of thioether (sulfide) groups is 1. The molecule has 1 aromatic rings. The Labute approximate surface area is 128 Å². The van der Waals surface area contributed by atoms with Crippen LogP contribution in [0.15, 0.2) is 5.38 Å². The van der Waals surface area contributed by atoms with Gasteiger partial charge in [-0.3, -0.25) is 4.79 Å². The van der Waals surface area contributed by atoms with Gasteiger partial charge in [-0.15, -0.1) is 11.3 Å². The number of hydrogen-bond acceptors (Lipinski definition) is 5. The van der Waals surface area contributed by atoms with Gasteiger partial charge in [-0.1, -0.05) is 0 Å². The summed E-state index contributed by atoms with van der Waals surface area (Å²) < 4.78 is 0. The number of nitrogens with one attached hydrogen (secondary N) is 1. The molecule has 1 fully saturated rings. The van der Waals surface area contributed by atoms with Gasteiger partial charge in [0.2, 0.25) is 5.91 Å². The largest absolute Gasteiger partial charge is 0.393 e. The standard InChI is InChI=1S/C14H22N2O2S2/c1-10-16-12(9-20-10)8-19-5-4-14(18)15-7-11-2-3-13(17)6-11/h9,11,13,17H,2-8H2,1H3,(H,15,18). The maximum Gasteiger partial charge on any atom is 0.220 e. The maximum absolute atomic E-state index is 11.7. The van der Waals surface area contributed by atoms with Gasteiger partial charge in [0.05, 0.1) is 16.8 Å². The van der Waals surface area contributed by atoms with E-state index in [1.54, 1.807) is 23.1 Å². The molecule has 1 aliphatic carbocycles. The van der Waals surface area contributed by atoms with Crippen LogP contribution in [0.25, 0.3) is 0 Å². The number of aryl methyl sites for hydroxylation is 1. The van der Waals surface area contributed by atoms with Crippen molar-refractivity contribution in [3.63, 3.8) is 0 Å². The number of rotatable bonds is 7. The zero-order valence-corrected chi connectivity index (χ0v) is 13.4. The van der Waals surface area contributed by atoms with Gasteiger partial charge in [0.1, 0.15) is 0 Å². The Kier molecular flexibility index (Phi) is 6.32. The molecule has 1 aliphatic rings. The normalized spacial score (nSPS) is 22.1. The lowest BCUT2D eigenvalue weighted by Crippen LogP contribution is -2.28. The van der Waals surface area contributed by atoms with Gasteiger partial charge in [-0.05, 0) is 32.1 Å². The molecule has 2 unspecified atom stereocenters. The summed E-state index contributed by atoms with van der Waals surface area (Å²) >= 11 is 3.42. The quantitative estimate of drug-likeness (QED) is 0.758. The van der Waals surface area contributed by atoms with Gasteiger partial charge in [-0.2, -0.15) is 11.8 Å².